The van der Waals surface area contributed by atoms with Gasteiger partial charge in [0.25, 0.3) is 0 Å². The van der Waals surface area contributed by atoms with E-state index in [2.05, 4.69) is 5.32 Å². The van der Waals surface area contributed by atoms with Gasteiger partial charge in [-0.1, -0.05) is 19.3 Å². The lowest BCUT2D eigenvalue weighted by Gasteiger charge is -2.30. The first-order valence-electron chi connectivity index (χ1n) is 7.36. The van der Waals surface area contributed by atoms with Crippen molar-refractivity contribution in [2.45, 2.75) is 44.6 Å². The van der Waals surface area contributed by atoms with Crippen LogP contribution in [0.4, 0.5) is 0 Å². The van der Waals surface area contributed by atoms with E-state index in [0.29, 0.717) is 25.4 Å². The van der Waals surface area contributed by atoms with Gasteiger partial charge >= 0.3 is 0 Å². The molecule has 0 aromatic rings. The highest BCUT2D eigenvalue weighted by Crippen LogP contribution is 2.26. The Bertz CT molecular complexity index is 345. The summed E-state index contributed by atoms with van der Waals surface area (Å²) in [7, 11) is 1.75. The Kier molecular flexibility index (Phi) is 6.76. The third-order valence-corrected chi connectivity index (χ3v) is 4.51. The van der Waals surface area contributed by atoms with Crippen LogP contribution in [0.3, 0.4) is 0 Å². The second-order valence-corrected chi connectivity index (χ2v) is 5.92. The van der Waals surface area contributed by atoms with Gasteiger partial charge in [-0.3, -0.25) is 9.59 Å². The largest absolute Gasteiger partial charge is 0.352 e. The van der Waals surface area contributed by atoms with Crippen molar-refractivity contribution in [3.05, 3.63) is 0 Å². The number of hydrogen-bond acceptors (Lipinski definition) is 3. The molecule has 2 fully saturated rings. The maximum absolute atomic E-state index is 12.2. The molecule has 5 nitrogen and oxygen atoms in total. The molecule has 6 heteroatoms. The number of likely N-dealkylation sites (tertiary alicyclic amines) is 1. The lowest BCUT2D eigenvalue weighted by Crippen LogP contribution is -2.48. The highest BCUT2D eigenvalue weighted by molar-refractivity contribution is 5.89. The van der Waals surface area contributed by atoms with E-state index in [9.17, 15) is 9.59 Å². The number of carbonyl (C=O) groups excluding carboxylic acids is 2. The minimum atomic E-state index is -0.199. The van der Waals surface area contributed by atoms with Crippen LogP contribution in [-0.2, 0) is 9.59 Å². The molecule has 0 radical (unpaired) electrons. The highest BCUT2D eigenvalue weighted by Gasteiger charge is 2.34. The predicted octanol–water partition coefficient (Wildman–Crippen LogP) is 0.910. The van der Waals surface area contributed by atoms with E-state index in [1.807, 2.05) is 0 Å². The molecule has 1 saturated heterocycles. The van der Waals surface area contributed by atoms with Crippen LogP contribution in [0.15, 0.2) is 0 Å². The molecule has 3 N–H and O–H groups in total. The molecule has 1 saturated carbocycles. The Morgan fingerprint density at radius 1 is 1.40 bits per heavy atom. The first kappa shape index (κ1) is 17.2. The third-order valence-electron chi connectivity index (χ3n) is 4.51. The van der Waals surface area contributed by atoms with Gasteiger partial charge < -0.3 is 16.0 Å². The Morgan fingerprint density at radius 3 is 2.55 bits per heavy atom. The van der Waals surface area contributed by atoms with Gasteiger partial charge in [0.1, 0.15) is 0 Å². The molecule has 0 bridgehead atoms. The van der Waals surface area contributed by atoms with Crippen molar-refractivity contribution in [2.75, 3.05) is 20.1 Å². The Hall–Kier alpha value is -0.810. The van der Waals surface area contributed by atoms with E-state index < -0.39 is 0 Å². The standard InChI is InChI=1S/C14H25N3O2.ClH/c1-17-9-11(7-13(17)18)14(19)16-12(8-15)10-5-3-2-4-6-10;/h10-12H,2-9,15H2,1H3,(H,16,19);1H. The summed E-state index contributed by atoms with van der Waals surface area (Å²) in [6, 6.07) is 0.0776. The minimum absolute atomic E-state index is 0. The van der Waals surface area contributed by atoms with Crippen molar-refractivity contribution in [3.8, 4) is 0 Å². The molecule has 1 aliphatic heterocycles. The van der Waals surface area contributed by atoms with Crippen LogP contribution in [0.25, 0.3) is 0 Å². The van der Waals surface area contributed by atoms with Crippen LogP contribution in [0.5, 0.6) is 0 Å². The second-order valence-electron chi connectivity index (χ2n) is 5.92. The Morgan fingerprint density at radius 2 is 2.05 bits per heavy atom. The Balaban J connectivity index is 0.00000200. The van der Waals surface area contributed by atoms with Crippen LogP contribution in [-0.4, -0.2) is 42.9 Å². The summed E-state index contributed by atoms with van der Waals surface area (Å²) >= 11 is 0. The smallest absolute Gasteiger partial charge is 0.225 e. The fraction of sp³-hybridized carbons (Fsp3) is 0.857. The van der Waals surface area contributed by atoms with Gasteiger partial charge in [0.15, 0.2) is 0 Å². The predicted molar refractivity (Wildman–Crippen MR) is 80.6 cm³/mol. The van der Waals surface area contributed by atoms with Gasteiger partial charge in [-0.05, 0) is 18.8 Å². The maximum Gasteiger partial charge on any atom is 0.225 e. The van der Waals surface area contributed by atoms with Crippen molar-refractivity contribution in [3.63, 3.8) is 0 Å². The molecule has 0 aromatic heterocycles. The fourth-order valence-electron chi connectivity index (χ4n) is 3.25. The van der Waals surface area contributed by atoms with E-state index in [0.717, 1.165) is 12.8 Å². The van der Waals surface area contributed by atoms with Crippen LogP contribution < -0.4 is 11.1 Å². The first-order chi connectivity index (χ1) is 9.11. The number of hydrogen-bond donors (Lipinski definition) is 2. The summed E-state index contributed by atoms with van der Waals surface area (Å²) in [4.78, 5) is 25.3. The molecule has 1 heterocycles. The SMILES string of the molecule is CN1CC(C(=O)NC(CN)C2CCCCC2)CC1=O.Cl. The molecule has 2 atom stereocenters. The molecule has 1 aliphatic carbocycles. The second kappa shape index (κ2) is 7.84. The van der Waals surface area contributed by atoms with Gasteiger partial charge in [0, 0.05) is 32.6 Å². The van der Waals surface area contributed by atoms with Crippen LogP contribution in [0.1, 0.15) is 38.5 Å². The van der Waals surface area contributed by atoms with Crippen molar-refractivity contribution in [1.82, 2.24) is 10.2 Å². The molecule has 116 valence electrons. The first-order valence-corrected chi connectivity index (χ1v) is 7.36. The number of halogens is 1. The topological polar surface area (TPSA) is 75.4 Å². The summed E-state index contributed by atoms with van der Waals surface area (Å²) in [5, 5.41) is 3.08. The molecule has 0 aromatic carbocycles. The zero-order chi connectivity index (χ0) is 13.8. The Labute approximate surface area is 127 Å². The summed E-state index contributed by atoms with van der Waals surface area (Å²) < 4.78 is 0. The third kappa shape index (κ3) is 4.09. The van der Waals surface area contributed by atoms with Crippen molar-refractivity contribution in [2.24, 2.45) is 17.6 Å². The zero-order valence-corrected chi connectivity index (χ0v) is 13.0. The zero-order valence-electron chi connectivity index (χ0n) is 12.1. The number of carbonyl (C=O) groups is 2. The molecular weight excluding hydrogens is 278 g/mol. The number of amides is 2. The highest BCUT2D eigenvalue weighted by atomic mass is 35.5. The fourth-order valence-corrected chi connectivity index (χ4v) is 3.25. The summed E-state index contributed by atoms with van der Waals surface area (Å²) in [6.45, 7) is 1.03. The number of nitrogens with zero attached hydrogens (tertiary/aromatic N) is 1. The number of nitrogens with one attached hydrogen (secondary N) is 1. The van der Waals surface area contributed by atoms with Gasteiger partial charge in [-0.2, -0.15) is 0 Å². The lowest BCUT2D eigenvalue weighted by atomic mass is 9.83. The van der Waals surface area contributed by atoms with Crippen LogP contribution in [0, 0.1) is 11.8 Å². The number of nitrogens with two attached hydrogens (primary N) is 1. The summed E-state index contributed by atoms with van der Waals surface area (Å²) in [6.07, 6.45) is 6.43. The molecule has 2 aliphatic rings. The quantitative estimate of drug-likeness (QED) is 0.810. The maximum atomic E-state index is 12.2. The molecule has 2 unspecified atom stereocenters. The van der Waals surface area contributed by atoms with E-state index in [1.54, 1.807) is 11.9 Å². The average molecular weight is 304 g/mol. The minimum Gasteiger partial charge on any atom is -0.352 e. The average Bonchev–Trinajstić information content (AvgIpc) is 2.77. The molecule has 20 heavy (non-hydrogen) atoms. The normalized spacial score (nSPS) is 25.2. The van der Waals surface area contributed by atoms with E-state index >= 15 is 0 Å². The molecule has 2 amide bonds. The molecule has 2 rings (SSSR count). The lowest BCUT2D eigenvalue weighted by molar-refractivity contribution is -0.128. The van der Waals surface area contributed by atoms with Gasteiger partial charge in [-0.15, -0.1) is 12.4 Å². The van der Waals surface area contributed by atoms with Crippen molar-refractivity contribution < 1.29 is 9.59 Å². The van der Waals surface area contributed by atoms with Crippen LogP contribution >= 0.6 is 12.4 Å². The molecular formula is C14H26ClN3O2. The van der Waals surface area contributed by atoms with Crippen molar-refractivity contribution >= 4 is 24.2 Å². The summed E-state index contributed by atoms with van der Waals surface area (Å²) in [5.41, 5.74) is 5.81. The van der Waals surface area contributed by atoms with E-state index in [-0.39, 0.29) is 36.2 Å². The van der Waals surface area contributed by atoms with Crippen molar-refractivity contribution in [1.29, 1.82) is 0 Å². The van der Waals surface area contributed by atoms with Crippen LogP contribution in [0.2, 0.25) is 0 Å². The monoisotopic (exact) mass is 303 g/mol. The van der Waals surface area contributed by atoms with E-state index in [4.69, 9.17) is 5.73 Å². The molecule has 0 spiro atoms. The summed E-state index contributed by atoms with van der Waals surface area (Å²) in [5.74, 6) is 0.369. The van der Waals surface area contributed by atoms with E-state index in [1.165, 1.54) is 19.3 Å². The van der Waals surface area contributed by atoms with Gasteiger partial charge in [-0.25, -0.2) is 0 Å². The van der Waals surface area contributed by atoms with Gasteiger partial charge in [0.2, 0.25) is 11.8 Å². The van der Waals surface area contributed by atoms with Gasteiger partial charge in [0.05, 0.1) is 5.92 Å². The number of rotatable bonds is 4.